The first-order valence-corrected chi connectivity index (χ1v) is 4.89. The van der Waals surface area contributed by atoms with E-state index >= 15 is 0 Å². The maximum absolute atomic E-state index is 10.8. The van der Waals surface area contributed by atoms with Crippen LogP contribution in [0.25, 0.3) is 0 Å². The second-order valence-electron chi connectivity index (χ2n) is 1.77. The van der Waals surface area contributed by atoms with Crippen LogP contribution in [0.2, 0.25) is 0 Å². The summed E-state index contributed by atoms with van der Waals surface area (Å²) in [5, 5.41) is 3.21. The molecule has 5 nitrogen and oxygen atoms in total. The number of carbonyl (C=O) groups excluding carboxylic acids is 1. The van der Waals surface area contributed by atoms with Gasteiger partial charge in [-0.3, -0.25) is 10.1 Å². The molecule has 1 aromatic rings. The highest BCUT2D eigenvalue weighted by Gasteiger charge is 2.05. The largest absolute Gasteiger partial charge is 0.466 e. The third-order valence-corrected chi connectivity index (χ3v) is 2.08. The van der Waals surface area contributed by atoms with Crippen LogP contribution < -0.4 is 10.1 Å². The van der Waals surface area contributed by atoms with Gasteiger partial charge in [-0.1, -0.05) is 15.9 Å². The predicted octanol–water partition coefficient (Wildman–Crippen LogP) is 0.880. The lowest BCUT2D eigenvalue weighted by molar-refractivity contribution is -0.113. The van der Waals surface area contributed by atoms with Gasteiger partial charge in [-0.15, -0.1) is 4.37 Å². The Labute approximate surface area is 81.4 Å². The monoisotopic (exact) mass is 251 g/mol. The summed E-state index contributed by atoms with van der Waals surface area (Å²) in [7, 11) is 1.47. The highest BCUT2D eigenvalue weighted by molar-refractivity contribution is 9.09. The lowest BCUT2D eigenvalue weighted by Gasteiger charge is -1.93. The summed E-state index contributed by atoms with van der Waals surface area (Å²) in [6.45, 7) is 0. The van der Waals surface area contributed by atoms with Crippen LogP contribution in [0.3, 0.4) is 0 Å². The van der Waals surface area contributed by atoms with Crippen LogP contribution in [0.1, 0.15) is 0 Å². The number of halogens is 1. The van der Waals surface area contributed by atoms with Gasteiger partial charge in [0.15, 0.2) is 0 Å². The molecule has 0 aliphatic heterocycles. The summed E-state index contributed by atoms with van der Waals surface area (Å²) < 4.78 is 8.54. The van der Waals surface area contributed by atoms with Gasteiger partial charge in [-0.2, -0.15) is 4.98 Å². The van der Waals surface area contributed by atoms with Gasteiger partial charge in [0.2, 0.25) is 11.0 Å². The molecule has 0 atom stereocenters. The van der Waals surface area contributed by atoms with Crippen LogP contribution in [0.4, 0.5) is 5.13 Å². The van der Waals surface area contributed by atoms with Crippen LogP contribution in [0.5, 0.6) is 6.01 Å². The van der Waals surface area contributed by atoms with Crippen LogP contribution >= 0.6 is 27.5 Å². The van der Waals surface area contributed by atoms with Gasteiger partial charge in [0.05, 0.1) is 12.4 Å². The molecule has 66 valence electrons. The number of rotatable bonds is 3. The maximum atomic E-state index is 10.8. The third kappa shape index (κ3) is 2.42. The molecule has 1 aromatic heterocycles. The molecule has 0 bridgehead atoms. The summed E-state index contributed by atoms with van der Waals surface area (Å²) in [6, 6.07) is 0.268. The second-order valence-corrected chi connectivity index (χ2v) is 3.08. The number of hydrogen-bond acceptors (Lipinski definition) is 5. The number of hydrogen-bond donors (Lipinski definition) is 1. The quantitative estimate of drug-likeness (QED) is 0.811. The topological polar surface area (TPSA) is 64.1 Å². The van der Waals surface area contributed by atoms with E-state index in [1.54, 1.807) is 0 Å². The van der Waals surface area contributed by atoms with Crippen molar-refractivity contribution in [2.24, 2.45) is 0 Å². The van der Waals surface area contributed by atoms with E-state index in [0.717, 1.165) is 11.5 Å². The van der Waals surface area contributed by atoms with E-state index < -0.39 is 0 Å². The summed E-state index contributed by atoms with van der Waals surface area (Å²) in [5.74, 6) is -0.159. The average Bonchev–Trinajstić information content (AvgIpc) is 2.52. The molecule has 0 spiro atoms. The number of aromatic nitrogens is 2. The molecule has 12 heavy (non-hydrogen) atoms. The molecule has 0 saturated heterocycles. The minimum atomic E-state index is -0.159. The van der Waals surface area contributed by atoms with E-state index in [9.17, 15) is 4.79 Å². The van der Waals surface area contributed by atoms with Crippen molar-refractivity contribution >= 4 is 38.5 Å². The van der Waals surface area contributed by atoms with Crippen molar-refractivity contribution in [3.05, 3.63) is 0 Å². The number of ether oxygens (including phenoxy) is 1. The van der Waals surface area contributed by atoms with E-state index in [2.05, 4.69) is 30.6 Å². The molecule has 0 aromatic carbocycles. The Balaban J connectivity index is 2.58. The average molecular weight is 252 g/mol. The fourth-order valence-corrected chi connectivity index (χ4v) is 1.19. The number of carbonyl (C=O) groups is 1. The van der Waals surface area contributed by atoms with Crippen LogP contribution in [-0.4, -0.2) is 27.7 Å². The Kier molecular flexibility index (Phi) is 3.42. The van der Waals surface area contributed by atoms with Crippen molar-refractivity contribution in [1.29, 1.82) is 0 Å². The van der Waals surface area contributed by atoms with E-state index in [4.69, 9.17) is 4.74 Å². The van der Waals surface area contributed by atoms with Gasteiger partial charge in [0, 0.05) is 11.5 Å². The second kappa shape index (κ2) is 4.36. The Hall–Kier alpha value is -0.690. The fraction of sp³-hybridized carbons (Fsp3) is 0.400. The number of methoxy groups -OCH3 is 1. The van der Waals surface area contributed by atoms with Crippen LogP contribution in [0, 0.1) is 0 Å². The van der Waals surface area contributed by atoms with Crippen molar-refractivity contribution in [2.45, 2.75) is 0 Å². The smallest absolute Gasteiger partial charge is 0.329 e. The maximum Gasteiger partial charge on any atom is 0.329 e. The highest BCUT2D eigenvalue weighted by atomic mass is 79.9. The third-order valence-electron chi connectivity index (χ3n) is 0.958. The Bertz CT molecular complexity index is 277. The van der Waals surface area contributed by atoms with E-state index in [1.807, 2.05) is 0 Å². The SMILES string of the molecule is COc1nsc(NC(=O)CBr)n1. The molecule has 1 heterocycles. The van der Waals surface area contributed by atoms with Crippen LogP contribution in [0.15, 0.2) is 0 Å². The zero-order chi connectivity index (χ0) is 8.97. The first-order valence-electron chi connectivity index (χ1n) is 2.99. The van der Waals surface area contributed by atoms with Crippen molar-refractivity contribution in [3.8, 4) is 6.01 Å². The lowest BCUT2D eigenvalue weighted by atomic mass is 10.7. The van der Waals surface area contributed by atoms with Gasteiger partial charge in [-0.25, -0.2) is 0 Å². The molecule has 0 aliphatic rings. The van der Waals surface area contributed by atoms with Gasteiger partial charge >= 0.3 is 6.01 Å². The van der Waals surface area contributed by atoms with E-state index in [1.165, 1.54) is 7.11 Å². The van der Waals surface area contributed by atoms with Crippen molar-refractivity contribution in [1.82, 2.24) is 9.36 Å². The number of amides is 1. The Morgan fingerprint density at radius 2 is 2.58 bits per heavy atom. The van der Waals surface area contributed by atoms with Crippen molar-refractivity contribution in [2.75, 3.05) is 17.8 Å². The van der Waals surface area contributed by atoms with E-state index in [0.29, 0.717) is 5.13 Å². The molecule has 7 heteroatoms. The minimum Gasteiger partial charge on any atom is -0.466 e. The lowest BCUT2D eigenvalue weighted by Crippen LogP contribution is -2.11. The molecule has 0 saturated carbocycles. The summed E-state index contributed by atoms with van der Waals surface area (Å²) in [5.41, 5.74) is 0. The van der Waals surface area contributed by atoms with E-state index in [-0.39, 0.29) is 17.2 Å². The number of anilines is 1. The van der Waals surface area contributed by atoms with Gasteiger partial charge in [0.25, 0.3) is 0 Å². The number of alkyl halides is 1. The molecule has 0 radical (unpaired) electrons. The molecule has 1 rings (SSSR count). The van der Waals surface area contributed by atoms with Gasteiger partial charge in [-0.05, 0) is 0 Å². The molecule has 0 fully saturated rings. The molecular formula is C5H6BrN3O2S. The molecule has 0 unspecified atom stereocenters. The highest BCUT2D eigenvalue weighted by Crippen LogP contribution is 2.15. The normalized spacial score (nSPS) is 9.50. The zero-order valence-electron chi connectivity index (χ0n) is 6.20. The Morgan fingerprint density at radius 1 is 1.83 bits per heavy atom. The number of nitrogens with one attached hydrogen (secondary N) is 1. The summed E-state index contributed by atoms with van der Waals surface area (Å²) in [4.78, 5) is 14.7. The van der Waals surface area contributed by atoms with Crippen molar-refractivity contribution in [3.63, 3.8) is 0 Å². The minimum absolute atomic E-state index is 0.159. The summed E-state index contributed by atoms with van der Waals surface area (Å²) in [6.07, 6.45) is 0. The van der Waals surface area contributed by atoms with Crippen molar-refractivity contribution < 1.29 is 9.53 Å². The predicted molar refractivity (Wildman–Crippen MR) is 48.9 cm³/mol. The standard InChI is InChI=1S/C5H6BrN3O2S/c1-11-4-8-5(12-9-4)7-3(10)2-6/h2H2,1H3,(H,7,8,9,10). The first kappa shape index (κ1) is 9.40. The Morgan fingerprint density at radius 3 is 3.08 bits per heavy atom. The van der Waals surface area contributed by atoms with Gasteiger partial charge in [0.1, 0.15) is 0 Å². The fourth-order valence-electron chi connectivity index (χ4n) is 0.496. The van der Waals surface area contributed by atoms with Crippen LogP contribution in [-0.2, 0) is 4.79 Å². The molecule has 1 amide bonds. The molecular weight excluding hydrogens is 246 g/mol. The first-order chi connectivity index (χ1) is 5.76. The summed E-state index contributed by atoms with van der Waals surface area (Å²) >= 11 is 4.09. The zero-order valence-corrected chi connectivity index (χ0v) is 8.61. The molecule has 0 aliphatic carbocycles. The molecule has 1 N–H and O–H groups in total. The number of nitrogens with zero attached hydrogens (tertiary/aromatic N) is 2. The van der Waals surface area contributed by atoms with Gasteiger partial charge < -0.3 is 4.74 Å².